The summed E-state index contributed by atoms with van der Waals surface area (Å²) in [7, 11) is 0. The fourth-order valence-corrected chi connectivity index (χ4v) is 2.18. The molecule has 140 valence electrons. The molecule has 0 bridgehead atoms. The van der Waals surface area contributed by atoms with Crippen LogP contribution < -0.4 is 14.8 Å². The number of esters is 1. The molecule has 0 saturated carbocycles. The van der Waals surface area contributed by atoms with Crippen LogP contribution in [0.4, 0.5) is 11.6 Å². The quantitative estimate of drug-likeness (QED) is 0.352. The number of nitrogens with one attached hydrogen (secondary N) is 1. The number of nitro groups is 1. The Morgan fingerprint density at radius 3 is 2.70 bits per heavy atom. The number of carbonyl (C=O) groups is 2. The van der Waals surface area contributed by atoms with Crippen molar-refractivity contribution >= 4 is 29.5 Å². The predicted octanol–water partition coefficient (Wildman–Crippen LogP) is 2.15. The van der Waals surface area contributed by atoms with E-state index in [0.717, 1.165) is 12.1 Å². The highest BCUT2D eigenvalue weighted by molar-refractivity contribution is 5.94. The summed E-state index contributed by atoms with van der Waals surface area (Å²) < 4.78 is 20.4. The lowest BCUT2D eigenvalue weighted by Crippen LogP contribution is -2.20. The summed E-state index contributed by atoms with van der Waals surface area (Å²) in [6.45, 7) is 0.386. The Bertz CT molecular complexity index is 902. The first-order valence-corrected chi connectivity index (χ1v) is 7.80. The van der Waals surface area contributed by atoms with Crippen molar-refractivity contribution in [1.82, 2.24) is 0 Å². The average Bonchev–Trinajstić information content (AvgIpc) is 3.14. The number of ether oxygens (including phenoxy) is 3. The predicted molar refractivity (Wildman–Crippen MR) is 91.4 cm³/mol. The van der Waals surface area contributed by atoms with Crippen LogP contribution in [0.2, 0.25) is 0 Å². The van der Waals surface area contributed by atoms with Crippen molar-refractivity contribution in [3.63, 3.8) is 0 Å². The molecule has 1 N–H and O–H groups in total. The lowest BCUT2D eigenvalue weighted by Gasteiger charge is -2.18. The van der Waals surface area contributed by atoms with Crippen LogP contribution >= 0.6 is 0 Å². The number of fused-ring (bicyclic) bond motifs is 1. The van der Waals surface area contributed by atoms with Gasteiger partial charge in [0.1, 0.15) is 23.9 Å². The lowest BCUT2D eigenvalue weighted by molar-refractivity contribution is -0.402. The summed E-state index contributed by atoms with van der Waals surface area (Å²) >= 11 is 0. The highest BCUT2D eigenvalue weighted by Crippen LogP contribution is 2.32. The molecule has 10 heteroatoms. The van der Waals surface area contributed by atoms with Crippen LogP contribution in [-0.2, 0) is 14.3 Å². The van der Waals surface area contributed by atoms with Gasteiger partial charge in [0.15, 0.2) is 18.1 Å². The molecule has 1 amide bonds. The van der Waals surface area contributed by atoms with Crippen LogP contribution in [0.25, 0.3) is 6.08 Å². The van der Waals surface area contributed by atoms with E-state index in [1.807, 2.05) is 0 Å². The molecule has 2 aromatic rings. The molecule has 1 aromatic carbocycles. The van der Waals surface area contributed by atoms with Crippen molar-refractivity contribution in [2.75, 3.05) is 25.1 Å². The number of carbonyl (C=O) groups excluding carboxylic acids is 2. The molecule has 0 radical (unpaired) electrons. The molecule has 2 heterocycles. The SMILES string of the molecule is O=C(COC(=O)/C=C/c1ccc([N+](=O)[O-])o1)Nc1ccc2c(c1)OCCO2. The molecule has 0 saturated heterocycles. The minimum absolute atomic E-state index is 0.111. The zero-order valence-electron chi connectivity index (χ0n) is 13.9. The van der Waals surface area contributed by atoms with E-state index < -0.39 is 29.3 Å². The van der Waals surface area contributed by atoms with Gasteiger partial charge >= 0.3 is 11.9 Å². The van der Waals surface area contributed by atoms with E-state index in [1.54, 1.807) is 18.2 Å². The van der Waals surface area contributed by atoms with Gasteiger partial charge < -0.3 is 23.9 Å². The van der Waals surface area contributed by atoms with Gasteiger partial charge in [-0.2, -0.15) is 0 Å². The Kier molecular flexibility index (Phi) is 5.36. The summed E-state index contributed by atoms with van der Waals surface area (Å²) in [4.78, 5) is 33.3. The fourth-order valence-electron chi connectivity index (χ4n) is 2.18. The molecule has 1 aromatic heterocycles. The third kappa shape index (κ3) is 4.84. The van der Waals surface area contributed by atoms with Gasteiger partial charge in [-0.1, -0.05) is 0 Å². The molecule has 0 aliphatic carbocycles. The number of amides is 1. The summed E-state index contributed by atoms with van der Waals surface area (Å²) in [6.07, 6.45) is 2.20. The second-order valence-corrected chi connectivity index (χ2v) is 5.28. The largest absolute Gasteiger partial charge is 0.486 e. The van der Waals surface area contributed by atoms with Crippen LogP contribution in [0.15, 0.2) is 40.8 Å². The van der Waals surface area contributed by atoms with Gasteiger partial charge in [0.05, 0.1) is 6.07 Å². The molecule has 3 rings (SSSR count). The number of hydrogen-bond donors (Lipinski definition) is 1. The number of furan rings is 1. The molecule has 1 aliphatic rings. The molecule has 27 heavy (non-hydrogen) atoms. The average molecular weight is 374 g/mol. The zero-order chi connectivity index (χ0) is 19.2. The molecule has 0 unspecified atom stereocenters. The monoisotopic (exact) mass is 374 g/mol. The van der Waals surface area contributed by atoms with Crippen LogP contribution in [-0.4, -0.2) is 36.6 Å². The van der Waals surface area contributed by atoms with Gasteiger partial charge in [-0.05, 0) is 24.3 Å². The third-order valence-corrected chi connectivity index (χ3v) is 3.35. The maximum absolute atomic E-state index is 11.9. The van der Waals surface area contributed by atoms with Crippen molar-refractivity contribution in [1.29, 1.82) is 0 Å². The van der Waals surface area contributed by atoms with Crippen molar-refractivity contribution in [2.24, 2.45) is 0 Å². The van der Waals surface area contributed by atoms with E-state index in [9.17, 15) is 19.7 Å². The number of rotatable bonds is 6. The maximum Gasteiger partial charge on any atom is 0.433 e. The lowest BCUT2D eigenvalue weighted by atomic mass is 10.2. The van der Waals surface area contributed by atoms with E-state index >= 15 is 0 Å². The molecular formula is C17H14N2O8. The summed E-state index contributed by atoms with van der Waals surface area (Å²) in [6, 6.07) is 7.40. The minimum Gasteiger partial charge on any atom is -0.486 e. The highest BCUT2D eigenvalue weighted by Gasteiger charge is 2.14. The van der Waals surface area contributed by atoms with E-state index in [0.29, 0.717) is 30.4 Å². The van der Waals surface area contributed by atoms with Gasteiger partial charge in [-0.3, -0.25) is 14.9 Å². The molecule has 0 atom stereocenters. The molecule has 1 aliphatic heterocycles. The standard InChI is InChI=1S/C17H14N2O8/c20-15(18-11-1-4-13-14(9-11)25-8-7-24-13)10-26-17(21)6-3-12-2-5-16(27-12)19(22)23/h1-6,9H,7-8,10H2,(H,18,20)/b6-3+. The molecular weight excluding hydrogens is 360 g/mol. The van der Waals surface area contributed by atoms with Crippen molar-refractivity contribution in [3.8, 4) is 11.5 Å². The number of anilines is 1. The van der Waals surface area contributed by atoms with Crippen molar-refractivity contribution in [2.45, 2.75) is 0 Å². The van der Waals surface area contributed by atoms with Gasteiger partial charge in [-0.25, -0.2) is 4.79 Å². The van der Waals surface area contributed by atoms with Gasteiger partial charge in [0, 0.05) is 17.8 Å². The fraction of sp³-hybridized carbons (Fsp3) is 0.176. The third-order valence-electron chi connectivity index (χ3n) is 3.35. The Hall–Kier alpha value is -3.82. The Balaban J connectivity index is 1.47. The first-order chi connectivity index (χ1) is 13.0. The van der Waals surface area contributed by atoms with E-state index in [4.69, 9.17) is 18.6 Å². The van der Waals surface area contributed by atoms with E-state index in [2.05, 4.69) is 5.32 Å². The first kappa shape index (κ1) is 18.0. The summed E-state index contributed by atoms with van der Waals surface area (Å²) in [5, 5.41) is 13.1. The number of benzene rings is 1. The van der Waals surface area contributed by atoms with Crippen LogP contribution in [0, 0.1) is 10.1 Å². The van der Waals surface area contributed by atoms with E-state index in [-0.39, 0.29) is 5.76 Å². The van der Waals surface area contributed by atoms with Crippen LogP contribution in [0.1, 0.15) is 5.76 Å². The van der Waals surface area contributed by atoms with E-state index in [1.165, 1.54) is 12.1 Å². The number of nitrogens with zero attached hydrogens (tertiary/aromatic N) is 1. The Labute approximate surface area is 152 Å². The maximum atomic E-state index is 11.9. The van der Waals surface area contributed by atoms with Gasteiger partial charge in [-0.15, -0.1) is 0 Å². The van der Waals surface area contributed by atoms with Crippen molar-refractivity contribution < 1.29 is 33.1 Å². The summed E-state index contributed by atoms with van der Waals surface area (Å²) in [5.74, 6) is -0.560. The molecule has 10 nitrogen and oxygen atoms in total. The zero-order valence-corrected chi connectivity index (χ0v) is 13.9. The minimum atomic E-state index is -0.800. The second kappa shape index (κ2) is 8.04. The van der Waals surface area contributed by atoms with Crippen molar-refractivity contribution in [3.05, 3.63) is 52.3 Å². The topological polar surface area (TPSA) is 130 Å². The molecule has 0 spiro atoms. The summed E-state index contributed by atoms with van der Waals surface area (Å²) in [5.41, 5.74) is 0.471. The van der Waals surface area contributed by atoms with Crippen LogP contribution in [0.3, 0.4) is 0 Å². The normalized spacial score (nSPS) is 12.6. The second-order valence-electron chi connectivity index (χ2n) is 5.28. The first-order valence-electron chi connectivity index (χ1n) is 7.80. The van der Waals surface area contributed by atoms with Gasteiger partial charge in [0.25, 0.3) is 5.91 Å². The Morgan fingerprint density at radius 1 is 1.19 bits per heavy atom. The smallest absolute Gasteiger partial charge is 0.433 e. The van der Waals surface area contributed by atoms with Gasteiger partial charge in [0.2, 0.25) is 0 Å². The highest BCUT2D eigenvalue weighted by atomic mass is 16.6. The Morgan fingerprint density at radius 2 is 1.96 bits per heavy atom. The van der Waals surface area contributed by atoms with Crippen LogP contribution in [0.5, 0.6) is 11.5 Å². The molecule has 0 fully saturated rings. The number of hydrogen-bond acceptors (Lipinski definition) is 8.